The van der Waals surface area contributed by atoms with Crippen molar-refractivity contribution in [3.8, 4) is 0 Å². The molecule has 7 heteroatoms. The summed E-state index contributed by atoms with van der Waals surface area (Å²) in [7, 11) is 1.46. The zero-order valence-electron chi connectivity index (χ0n) is 13.8. The minimum Gasteiger partial charge on any atom is -0.375 e. The van der Waals surface area contributed by atoms with Gasteiger partial charge in [0.25, 0.3) is 5.56 Å². The van der Waals surface area contributed by atoms with Crippen molar-refractivity contribution in [2.75, 3.05) is 13.7 Å². The van der Waals surface area contributed by atoms with Crippen LogP contribution in [0, 0.1) is 0 Å². The fraction of sp³-hybridized carbons (Fsp3) is 0.222. The largest absolute Gasteiger partial charge is 0.375 e. The van der Waals surface area contributed by atoms with Crippen LogP contribution in [0.5, 0.6) is 0 Å². The fourth-order valence-electron chi connectivity index (χ4n) is 2.57. The Balaban J connectivity index is 1.98. The molecule has 0 saturated carbocycles. The van der Waals surface area contributed by atoms with E-state index in [1.807, 2.05) is 30.3 Å². The van der Waals surface area contributed by atoms with Crippen molar-refractivity contribution in [1.82, 2.24) is 20.1 Å². The molecule has 0 saturated heterocycles. The summed E-state index contributed by atoms with van der Waals surface area (Å²) in [6.07, 6.45) is 3.38. The summed E-state index contributed by atoms with van der Waals surface area (Å²) in [5.74, 6) is -0.238. The maximum absolute atomic E-state index is 12.7. The summed E-state index contributed by atoms with van der Waals surface area (Å²) < 4.78 is 6.21. The number of carbonyl (C=O) groups excluding carboxylic acids is 1. The van der Waals surface area contributed by atoms with Crippen LogP contribution in [0.25, 0.3) is 10.8 Å². The van der Waals surface area contributed by atoms with Crippen LogP contribution in [-0.4, -0.2) is 34.4 Å². The molecule has 2 aromatic heterocycles. The van der Waals surface area contributed by atoms with Gasteiger partial charge in [-0.2, -0.15) is 5.10 Å². The van der Waals surface area contributed by atoms with Crippen LogP contribution < -0.4 is 10.9 Å². The minimum absolute atomic E-state index is 0.0206. The maximum atomic E-state index is 12.7. The molecule has 0 atom stereocenters. The molecule has 128 valence electrons. The number of nitrogens with one attached hydrogen (secondary N) is 1. The number of hydrogen-bond acceptors (Lipinski definition) is 5. The Kier molecular flexibility index (Phi) is 5.15. The Morgan fingerprint density at radius 1 is 1.20 bits per heavy atom. The third-order valence-corrected chi connectivity index (χ3v) is 3.73. The lowest BCUT2D eigenvalue weighted by Crippen LogP contribution is -2.30. The summed E-state index contributed by atoms with van der Waals surface area (Å²) >= 11 is 0. The smallest absolute Gasteiger partial charge is 0.274 e. The van der Waals surface area contributed by atoms with Crippen molar-refractivity contribution in [3.63, 3.8) is 0 Å². The summed E-state index contributed by atoms with van der Waals surface area (Å²) in [5, 5.41) is 8.49. The number of nitrogens with zero attached hydrogens (tertiary/aromatic N) is 3. The number of benzene rings is 1. The van der Waals surface area contributed by atoms with Gasteiger partial charge in [0.2, 0.25) is 5.91 Å². The molecule has 0 bridgehead atoms. The van der Waals surface area contributed by atoms with E-state index in [-0.39, 0.29) is 24.6 Å². The Bertz CT molecular complexity index is 938. The van der Waals surface area contributed by atoms with Gasteiger partial charge in [-0.25, -0.2) is 4.68 Å². The second-order valence-corrected chi connectivity index (χ2v) is 5.53. The number of methoxy groups -OCH3 is 1. The van der Waals surface area contributed by atoms with E-state index in [2.05, 4.69) is 15.4 Å². The summed E-state index contributed by atoms with van der Waals surface area (Å²) in [4.78, 5) is 28.4. The highest BCUT2D eigenvalue weighted by Crippen LogP contribution is 2.13. The molecule has 1 aromatic carbocycles. The molecule has 1 N–H and O–H groups in total. The van der Waals surface area contributed by atoms with E-state index >= 15 is 0 Å². The summed E-state index contributed by atoms with van der Waals surface area (Å²) in [6.45, 7) is 0.514. The minimum atomic E-state index is -0.238. The van der Waals surface area contributed by atoms with Gasteiger partial charge in [-0.15, -0.1) is 0 Å². The van der Waals surface area contributed by atoms with Gasteiger partial charge in [-0.1, -0.05) is 24.3 Å². The highest BCUT2D eigenvalue weighted by molar-refractivity contribution is 5.84. The lowest BCUT2D eigenvalue weighted by atomic mass is 10.1. The van der Waals surface area contributed by atoms with Crippen molar-refractivity contribution in [3.05, 3.63) is 70.4 Å². The van der Waals surface area contributed by atoms with E-state index in [1.165, 1.54) is 11.8 Å². The van der Waals surface area contributed by atoms with Gasteiger partial charge in [0, 0.05) is 24.9 Å². The normalized spacial score (nSPS) is 10.8. The average Bonchev–Trinajstić information content (AvgIpc) is 2.64. The van der Waals surface area contributed by atoms with E-state index in [0.29, 0.717) is 17.6 Å². The van der Waals surface area contributed by atoms with E-state index in [4.69, 9.17) is 4.74 Å². The second-order valence-electron chi connectivity index (χ2n) is 5.53. The Labute approximate surface area is 144 Å². The number of fused-ring (bicyclic) bond motifs is 1. The second kappa shape index (κ2) is 7.67. The number of amides is 1. The molecule has 1 amide bonds. The van der Waals surface area contributed by atoms with Crippen LogP contribution in [0.1, 0.15) is 11.3 Å². The van der Waals surface area contributed by atoms with Crippen LogP contribution in [0.2, 0.25) is 0 Å². The molecule has 0 fully saturated rings. The molecule has 0 radical (unpaired) electrons. The number of carbonyl (C=O) groups is 1. The molecular formula is C18H18N4O3. The molecular weight excluding hydrogens is 320 g/mol. The first kappa shape index (κ1) is 16.8. The standard InChI is InChI=1S/C18H18N4O3/c1-25-12-17(23)20-10-16-14-6-2-3-7-15(14)18(24)22(21-16)11-13-5-4-8-19-9-13/h2-9H,10-12H2,1H3,(H,20,23). The molecule has 2 heterocycles. The van der Waals surface area contributed by atoms with Crippen molar-refractivity contribution in [2.24, 2.45) is 0 Å². The number of hydrogen-bond donors (Lipinski definition) is 1. The zero-order valence-corrected chi connectivity index (χ0v) is 13.8. The lowest BCUT2D eigenvalue weighted by Gasteiger charge is -2.12. The van der Waals surface area contributed by atoms with Gasteiger partial charge in [-0.3, -0.25) is 14.6 Å². The van der Waals surface area contributed by atoms with Crippen LogP contribution in [0.3, 0.4) is 0 Å². The predicted octanol–water partition coefficient (Wildman–Crippen LogP) is 1.10. The third-order valence-electron chi connectivity index (χ3n) is 3.73. The Morgan fingerprint density at radius 2 is 2.00 bits per heavy atom. The monoisotopic (exact) mass is 338 g/mol. The molecule has 0 unspecified atom stereocenters. The molecule has 3 rings (SSSR count). The van der Waals surface area contributed by atoms with Gasteiger partial charge in [0.15, 0.2) is 0 Å². The highest BCUT2D eigenvalue weighted by atomic mass is 16.5. The van der Waals surface area contributed by atoms with Gasteiger partial charge in [0.05, 0.1) is 24.2 Å². The maximum Gasteiger partial charge on any atom is 0.274 e. The number of aromatic nitrogens is 3. The zero-order chi connectivity index (χ0) is 17.6. The molecule has 3 aromatic rings. The highest BCUT2D eigenvalue weighted by Gasteiger charge is 2.11. The number of rotatable bonds is 6. The van der Waals surface area contributed by atoms with E-state index in [1.54, 1.807) is 18.5 Å². The lowest BCUT2D eigenvalue weighted by molar-refractivity contribution is -0.124. The first-order chi connectivity index (χ1) is 12.2. The first-order valence-corrected chi connectivity index (χ1v) is 7.82. The topological polar surface area (TPSA) is 86.1 Å². The molecule has 25 heavy (non-hydrogen) atoms. The Hall–Kier alpha value is -3.06. The van der Waals surface area contributed by atoms with Crippen LogP contribution >= 0.6 is 0 Å². The van der Waals surface area contributed by atoms with Crippen molar-refractivity contribution in [1.29, 1.82) is 0 Å². The summed E-state index contributed by atoms with van der Waals surface area (Å²) in [6, 6.07) is 10.9. The summed E-state index contributed by atoms with van der Waals surface area (Å²) in [5.41, 5.74) is 1.33. The quantitative estimate of drug-likeness (QED) is 0.727. The van der Waals surface area contributed by atoms with Gasteiger partial charge in [-0.05, 0) is 17.7 Å². The van der Waals surface area contributed by atoms with Crippen LogP contribution in [-0.2, 0) is 22.6 Å². The number of pyridine rings is 1. The van der Waals surface area contributed by atoms with Gasteiger partial charge >= 0.3 is 0 Å². The molecule has 0 aliphatic heterocycles. The van der Waals surface area contributed by atoms with Gasteiger partial charge in [0.1, 0.15) is 6.61 Å². The third kappa shape index (κ3) is 3.89. The van der Waals surface area contributed by atoms with Gasteiger partial charge < -0.3 is 10.1 Å². The van der Waals surface area contributed by atoms with Crippen molar-refractivity contribution >= 4 is 16.7 Å². The van der Waals surface area contributed by atoms with Crippen LogP contribution in [0.4, 0.5) is 0 Å². The first-order valence-electron chi connectivity index (χ1n) is 7.82. The van der Waals surface area contributed by atoms with E-state index in [0.717, 1.165) is 10.9 Å². The molecule has 0 aliphatic rings. The molecule has 0 spiro atoms. The van der Waals surface area contributed by atoms with E-state index < -0.39 is 0 Å². The Morgan fingerprint density at radius 3 is 2.72 bits per heavy atom. The molecule has 0 aliphatic carbocycles. The fourth-order valence-corrected chi connectivity index (χ4v) is 2.57. The van der Waals surface area contributed by atoms with E-state index in [9.17, 15) is 9.59 Å². The van der Waals surface area contributed by atoms with Crippen molar-refractivity contribution < 1.29 is 9.53 Å². The van der Waals surface area contributed by atoms with Crippen molar-refractivity contribution in [2.45, 2.75) is 13.1 Å². The predicted molar refractivity (Wildman–Crippen MR) is 93.1 cm³/mol. The SMILES string of the molecule is COCC(=O)NCc1nn(Cc2cccnc2)c(=O)c2ccccc12. The van der Waals surface area contributed by atoms with Crippen LogP contribution in [0.15, 0.2) is 53.6 Å². The molecule has 7 nitrogen and oxygen atoms in total. The average molecular weight is 338 g/mol. The number of ether oxygens (including phenoxy) is 1.